The molecule has 1 atom stereocenters. The lowest BCUT2D eigenvalue weighted by Gasteiger charge is -2.17. The van der Waals surface area contributed by atoms with Gasteiger partial charge in [-0.2, -0.15) is 0 Å². The molecule has 0 bridgehead atoms. The Hall–Kier alpha value is -3.29. The van der Waals surface area contributed by atoms with Crippen molar-refractivity contribution in [1.82, 2.24) is 15.3 Å². The van der Waals surface area contributed by atoms with E-state index in [-0.39, 0.29) is 26.5 Å². The Kier molecular flexibility index (Phi) is 6.14. The van der Waals surface area contributed by atoms with Crippen LogP contribution in [0.15, 0.2) is 35.3 Å². The molecule has 2 N–H and O–H groups in total. The topological polar surface area (TPSA) is 84.1 Å². The number of halogens is 2. The number of hydrogen-bond acceptors (Lipinski definition) is 4. The van der Waals surface area contributed by atoms with Crippen LogP contribution in [0.5, 0.6) is 5.88 Å². The van der Waals surface area contributed by atoms with Crippen LogP contribution in [0.1, 0.15) is 46.4 Å². The van der Waals surface area contributed by atoms with Crippen LogP contribution in [0, 0.1) is 18.6 Å². The van der Waals surface area contributed by atoms with Gasteiger partial charge >= 0.3 is 0 Å². The third-order valence-corrected chi connectivity index (χ3v) is 4.76. The van der Waals surface area contributed by atoms with Crippen LogP contribution >= 0.6 is 0 Å². The molecule has 2 heterocycles. The molecule has 0 spiro atoms. The Bertz CT molecular complexity index is 1170. The third-order valence-electron chi connectivity index (χ3n) is 4.76. The third kappa shape index (κ3) is 4.48. The maximum absolute atomic E-state index is 14.0. The molecule has 0 aliphatic rings. The highest BCUT2D eigenvalue weighted by Gasteiger charge is 2.19. The standard InChI is InChI=1S/C22H23F2N3O3.2H2/c1-11(2)30-22-20-12(3)16(21(29)27-18(20)7-8-25-22)10-19(28)26-13(4)15-6-5-14(23)9-17(15)24;;/h5-9,11,13H,10H2,1-4H3,(H,26,28)(H,27,29);2*1H/t13-;;/m0../s1. The number of H-pyrrole nitrogens is 1. The number of pyridine rings is 2. The van der Waals surface area contributed by atoms with E-state index in [4.69, 9.17) is 4.74 Å². The minimum absolute atomic E-state index is 0. The van der Waals surface area contributed by atoms with E-state index in [9.17, 15) is 18.4 Å². The zero-order valence-electron chi connectivity index (χ0n) is 17.2. The second-order valence-electron chi connectivity index (χ2n) is 7.39. The maximum Gasteiger partial charge on any atom is 0.252 e. The van der Waals surface area contributed by atoms with Crippen molar-refractivity contribution in [1.29, 1.82) is 0 Å². The molecule has 0 unspecified atom stereocenters. The number of carbonyl (C=O) groups is 1. The summed E-state index contributed by atoms with van der Waals surface area (Å²) in [5.74, 6) is -1.53. The second-order valence-corrected chi connectivity index (χ2v) is 7.39. The van der Waals surface area contributed by atoms with Gasteiger partial charge in [-0.25, -0.2) is 13.8 Å². The summed E-state index contributed by atoms with van der Waals surface area (Å²) in [6.07, 6.45) is 1.22. The van der Waals surface area contributed by atoms with E-state index in [0.717, 1.165) is 12.1 Å². The van der Waals surface area contributed by atoms with Gasteiger partial charge < -0.3 is 15.0 Å². The summed E-state index contributed by atoms with van der Waals surface area (Å²) in [7, 11) is 0. The minimum atomic E-state index is -0.746. The molecule has 0 aliphatic carbocycles. The Labute approximate surface area is 175 Å². The summed E-state index contributed by atoms with van der Waals surface area (Å²) >= 11 is 0. The Balaban J connectivity index is 0.00000256. The van der Waals surface area contributed by atoms with Crippen molar-refractivity contribution in [2.75, 3.05) is 0 Å². The molecule has 2 aromatic heterocycles. The van der Waals surface area contributed by atoms with Crippen LogP contribution in [-0.2, 0) is 11.2 Å². The molecule has 8 heteroatoms. The summed E-state index contributed by atoms with van der Waals surface area (Å²) in [6, 6.07) is 4.15. The highest BCUT2D eigenvalue weighted by Crippen LogP contribution is 2.27. The average Bonchev–Trinajstić information content (AvgIpc) is 2.64. The maximum atomic E-state index is 14.0. The van der Waals surface area contributed by atoms with Gasteiger partial charge in [0.2, 0.25) is 11.8 Å². The summed E-state index contributed by atoms with van der Waals surface area (Å²) < 4.78 is 32.8. The quantitative estimate of drug-likeness (QED) is 0.627. The van der Waals surface area contributed by atoms with Crippen LogP contribution in [0.2, 0.25) is 0 Å². The highest BCUT2D eigenvalue weighted by molar-refractivity contribution is 5.89. The van der Waals surface area contributed by atoms with Gasteiger partial charge in [0.05, 0.1) is 29.5 Å². The Morgan fingerprint density at radius 3 is 2.67 bits per heavy atom. The van der Waals surface area contributed by atoms with E-state index in [0.29, 0.717) is 22.3 Å². The Morgan fingerprint density at radius 1 is 1.27 bits per heavy atom. The van der Waals surface area contributed by atoms with Crippen LogP contribution < -0.4 is 15.6 Å². The molecule has 0 aliphatic heterocycles. The molecule has 0 fully saturated rings. The molecule has 0 radical (unpaired) electrons. The number of aromatic amines is 1. The summed E-state index contributed by atoms with van der Waals surface area (Å²) in [5.41, 5.74) is 1.19. The largest absolute Gasteiger partial charge is 0.474 e. The summed E-state index contributed by atoms with van der Waals surface area (Å²) in [5, 5.41) is 3.28. The fourth-order valence-electron chi connectivity index (χ4n) is 3.34. The van der Waals surface area contributed by atoms with Crippen LogP contribution in [-0.4, -0.2) is 22.0 Å². The molecule has 0 saturated carbocycles. The van der Waals surface area contributed by atoms with Crippen molar-refractivity contribution in [3.05, 3.63) is 69.1 Å². The normalized spacial score (nSPS) is 12.2. The Morgan fingerprint density at radius 2 is 2.00 bits per heavy atom. The van der Waals surface area contributed by atoms with Gasteiger partial charge in [0.15, 0.2) is 0 Å². The van der Waals surface area contributed by atoms with Crippen molar-refractivity contribution in [2.45, 2.75) is 46.3 Å². The number of aromatic nitrogens is 2. The highest BCUT2D eigenvalue weighted by atomic mass is 19.1. The number of amides is 1. The van der Waals surface area contributed by atoms with Gasteiger partial charge in [-0.3, -0.25) is 9.59 Å². The predicted octanol–water partition coefficient (Wildman–Crippen LogP) is 4.21. The van der Waals surface area contributed by atoms with Gasteiger partial charge in [-0.15, -0.1) is 0 Å². The van der Waals surface area contributed by atoms with Crippen molar-refractivity contribution in [3.63, 3.8) is 0 Å². The molecule has 162 valence electrons. The first-order valence-corrected chi connectivity index (χ1v) is 9.58. The van der Waals surface area contributed by atoms with Crippen molar-refractivity contribution in [3.8, 4) is 5.88 Å². The molecule has 1 aromatic carbocycles. The number of carbonyl (C=O) groups excluding carboxylic acids is 1. The van der Waals surface area contributed by atoms with E-state index in [1.165, 1.54) is 6.07 Å². The van der Waals surface area contributed by atoms with E-state index >= 15 is 0 Å². The van der Waals surface area contributed by atoms with Gasteiger partial charge in [0.25, 0.3) is 5.56 Å². The van der Waals surface area contributed by atoms with Gasteiger partial charge in [0.1, 0.15) is 11.6 Å². The van der Waals surface area contributed by atoms with Gasteiger partial charge in [-0.1, -0.05) is 6.07 Å². The number of benzene rings is 1. The van der Waals surface area contributed by atoms with Crippen molar-refractivity contribution in [2.24, 2.45) is 0 Å². The SMILES string of the molecule is Cc1c(CC(=O)N[C@@H](C)c2ccc(F)cc2F)c(=O)[nH]c2ccnc(OC(C)C)c12.[HH].[HH]. The van der Waals surface area contributed by atoms with Crippen LogP contribution in [0.4, 0.5) is 8.78 Å². The number of rotatable bonds is 6. The molecule has 6 nitrogen and oxygen atoms in total. The minimum Gasteiger partial charge on any atom is -0.474 e. The molecule has 0 saturated heterocycles. The lowest BCUT2D eigenvalue weighted by atomic mass is 10.0. The lowest BCUT2D eigenvalue weighted by Crippen LogP contribution is -2.31. The van der Waals surface area contributed by atoms with E-state index in [2.05, 4.69) is 15.3 Å². The second kappa shape index (κ2) is 8.61. The summed E-state index contributed by atoms with van der Waals surface area (Å²) in [4.78, 5) is 32.1. The zero-order chi connectivity index (χ0) is 22.0. The monoisotopic (exact) mass is 419 g/mol. The van der Waals surface area contributed by atoms with Gasteiger partial charge in [0, 0.05) is 26.2 Å². The van der Waals surface area contributed by atoms with E-state index in [1.807, 2.05) is 13.8 Å². The number of aryl methyl sites for hydroxylation is 1. The van der Waals surface area contributed by atoms with Crippen molar-refractivity contribution < 1.29 is 21.2 Å². The predicted molar refractivity (Wildman–Crippen MR) is 114 cm³/mol. The molecule has 30 heavy (non-hydrogen) atoms. The molecule has 1 amide bonds. The molecular formula is C22H27F2N3O3. The number of hydrogen-bond donors (Lipinski definition) is 2. The first-order valence-electron chi connectivity index (χ1n) is 9.58. The van der Waals surface area contributed by atoms with Gasteiger partial charge in [-0.05, 0) is 45.4 Å². The summed E-state index contributed by atoms with van der Waals surface area (Å²) in [6.45, 7) is 7.06. The molecule has 3 rings (SSSR count). The number of ether oxygens (including phenoxy) is 1. The van der Waals surface area contributed by atoms with E-state index < -0.39 is 29.1 Å². The molecule has 3 aromatic rings. The average molecular weight is 419 g/mol. The fourth-order valence-corrected chi connectivity index (χ4v) is 3.34. The smallest absolute Gasteiger partial charge is 0.252 e. The van der Waals surface area contributed by atoms with E-state index in [1.54, 1.807) is 26.1 Å². The number of nitrogens with one attached hydrogen (secondary N) is 2. The van der Waals surface area contributed by atoms with Crippen molar-refractivity contribution >= 4 is 16.8 Å². The number of nitrogens with zero attached hydrogens (tertiary/aromatic N) is 1. The first kappa shape index (κ1) is 21.4. The van der Waals surface area contributed by atoms with Crippen LogP contribution in [0.3, 0.4) is 0 Å². The fraction of sp³-hybridized carbons (Fsp3) is 0.318. The zero-order valence-corrected chi connectivity index (χ0v) is 17.2. The lowest BCUT2D eigenvalue weighted by molar-refractivity contribution is -0.121. The molecular weight excluding hydrogens is 392 g/mol. The number of fused-ring (bicyclic) bond motifs is 1. The first-order chi connectivity index (χ1) is 14.2. The van der Waals surface area contributed by atoms with Crippen LogP contribution in [0.25, 0.3) is 10.9 Å².